The predicted molar refractivity (Wildman–Crippen MR) is 149 cm³/mol. The molecule has 11 nitrogen and oxygen atoms in total. The van der Waals surface area contributed by atoms with E-state index in [0.29, 0.717) is 41.5 Å². The highest BCUT2D eigenvalue weighted by Gasteiger charge is 2.35. The molecule has 1 N–H and O–H groups in total. The standard InChI is InChI=1S/C28H35N7O4/c1-28(2,3)35-26(30-31-32-35)25(34-12-10-33(11-13-34)19-8-7-9-20(16-19)37-4)21-14-18-15-23(38-5)24(39-6)17-22(18)29-27(21)36/h7-9,14-17,25H,10-13H2,1-6H3,(H,29,36)/t25-/m1/s1. The highest BCUT2D eigenvalue weighted by atomic mass is 16.5. The van der Waals surface area contributed by atoms with E-state index in [-0.39, 0.29) is 11.1 Å². The minimum absolute atomic E-state index is 0.196. The van der Waals surface area contributed by atoms with E-state index in [0.717, 1.165) is 29.9 Å². The molecule has 0 saturated carbocycles. The van der Waals surface area contributed by atoms with E-state index in [1.165, 1.54) is 0 Å². The van der Waals surface area contributed by atoms with Gasteiger partial charge in [-0.1, -0.05) is 6.07 Å². The summed E-state index contributed by atoms with van der Waals surface area (Å²) in [6.45, 7) is 9.12. The molecule has 206 valence electrons. The number of ether oxygens (including phenoxy) is 3. The zero-order chi connectivity index (χ0) is 27.7. The first-order valence-electron chi connectivity index (χ1n) is 12.9. The molecule has 11 heteroatoms. The molecule has 1 fully saturated rings. The first-order valence-corrected chi connectivity index (χ1v) is 12.9. The molecule has 0 spiro atoms. The van der Waals surface area contributed by atoms with Crippen molar-refractivity contribution < 1.29 is 14.2 Å². The lowest BCUT2D eigenvalue weighted by Gasteiger charge is -2.40. The summed E-state index contributed by atoms with van der Waals surface area (Å²) in [5, 5.41) is 13.6. The van der Waals surface area contributed by atoms with Gasteiger partial charge >= 0.3 is 0 Å². The number of tetrazole rings is 1. The Morgan fingerprint density at radius 3 is 2.31 bits per heavy atom. The van der Waals surface area contributed by atoms with E-state index >= 15 is 0 Å². The van der Waals surface area contributed by atoms with Crippen molar-refractivity contribution in [3.05, 3.63) is 64.2 Å². The average molecular weight is 534 g/mol. The topological polar surface area (TPSA) is 111 Å². The number of piperazine rings is 1. The second kappa shape index (κ2) is 10.6. The number of aromatic nitrogens is 5. The number of fused-ring (bicyclic) bond motifs is 1. The SMILES string of the molecule is COc1cccc(N2CCN([C@H](c3cc4cc(OC)c(OC)cc4[nH]c3=O)c3nnnn3C(C)(C)C)CC2)c1. The third-order valence-electron chi connectivity index (χ3n) is 7.14. The molecule has 39 heavy (non-hydrogen) atoms. The Labute approximate surface area is 227 Å². The van der Waals surface area contributed by atoms with Crippen LogP contribution in [0.1, 0.15) is 38.2 Å². The maximum absolute atomic E-state index is 13.6. The fourth-order valence-electron chi connectivity index (χ4n) is 5.14. The van der Waals surface area contributed by atoms with Crippen LogP contribution in [0.2, 0.25) is 0 Å². The van der Waals surface area contributed by atoms with Crippen molar-refractivity contribution in [1.82, 2.24) is 30.1 Å². The van der Waals surface area contributed by atoms with Crippen molar-refractivity contribution in [2.24, 2.45) is 0 Å². The Bertz CT molecular complexity index is 1520. The van der Waals surface area contributed by atoms with Crippen molar-refractivity contribution >= 4 is 16.6 Å². The summed E-state index contributed by atoms with van der Waals surface area (Å²) in [6.07, 6.45) is 0. The van der Waals surface area contributed by atoms with Crippen LogP contribution in [0.5, 0.6) is 17.2 Å². The Kier molecular flexibility index (Phi) is 7.17. The van der Waals surface area contributed by atoms with E-state index in [4.69, 9.17) is 14.2 Å². The van der Waals surface area contributed by atoms with Crippen molar-refractivity contribution in [1.29, 1.82) is 0 Å². The van der Waals surface area contributed by atoms with E-state index in [2.05, 4.69) is 36.4 Å². The van der Waals surface area contributed by atoms with Crippen molar-refractivity contribution in [3.8, 4) is 17.2 Å². The minimum atomic E-state index is -0.451. The molecule has 0 bridgehead atoms. The fraction of sp³-hybridized carbons (Fsp3) is 0.429. The predicted octanol–water partition coefficient (Wildman–Crippen LogP) is 3.21. The first kappa shape index (κ1) is 26.5. The largest absolute Gasteiger partial charge is 0.497 e. The van der Waals surface area contributed by atoms with Crippen LogP contribution in [-0.2, 0) is 5.54 Å². The summed E-state index contributed by atoms with van der Waals surface area (Å²) in [6, 6.07) is 13.2. The van der Waals surface area contributed by atoms with Gasteiger partial charge in [0, 0.05) is 54.9 Å². The number of benzene rings is 2. The molecule has 1 aliphatic rings. The summed E-state index contributed by atoms with van der Waals surface area (Å²) in [5.41, 5.74) is 1.77. The van der Waals surface area contributed by atoms with Gasteiger partial charge in [-0.25, -0.2) is 4.68 Å². The van der Waals surface area contributed by atoms with Crippen LogP contribution in [0, 0.1) is 0 Å². The number of H-pyrrole nitrogens is 1. The molecule has 0 unspecified atom stereocenters. The van der Waals surface area contributed by atoms with Crippen LogP contribution in [0.3, 0.4) is 0 Å². The number of nitrogens with zero attached hydrogens (tertiary/aromatic N) is 6. The number of aromatic amines is 1. The van der Waals surface area contributed by atoms with Crippen LogP contribution < -0.4 is 24.7 Å². The smallest absolute Gasteiger partial charge is 0.253 e. The Morgan fingerprint density at radius 1 is 0.923 bits per heavy atom. The van der Waals surface area contributed by atoms with Gasteiger partial charge in [-0.05, 0) is 55.5 Å². The first-order chi connectivity index (χ1) is 18.7. The molecular formula is C28H35N7O4. The third-order valence-corrected chi connectivity index (χ3v) is 7.14. The van der Waals surface area contributed by atoms with Gasteiger partial charge in [-0.15, -0.1) is 5.10 Å². The maximum Gasteiger partial charge on any atom is 0.253 e. The maximum atomic E-state index is 13.6. The summed E-state index contributed by atoms with van der Waals surface area (Å²) >= 11 is 0. The Morgan fingerprint density at radius 2 is 1.64 bits per heavy atom. The number of hydrogen-bond acceptors (Lipinski definition) is 9. The summed E-state index contributed by atoms with van der Waals surface area (Å²) < 4.78 is 18.2. The van der Waals surface area contributed by atoms with Gasteiger partial charge in [-0.2, -0.15) is 0 Å². The van der Waals surface area contributed by atoms with E-state index in [1.807, 2.05) is 55.8 Å². The van der Waals surface area contributed by atoms with Crippen LogP contribution in [0.4, 0.5) is 5.69 Å². The molecule has 0 radical (unpaired) electrons. The molecule has 0 amide bonds. The van der Waals surface area contributed by atoms with E-state index in [9.17, 15) is 4.79 Å². The molecule has 0 aliphatic carbocycles. The summed E-state index contributed by atoms with van der Waals surface area (Å²) in [4.78, 5) is 21.3. The van der Waals surface area contributed by atoms with Gasteiger partial charge in [0.15, 0.2) is 17.3 Å². The molecular weight excluding hydrogens is 498 g/mol. The molecule has 4 aromatic rings. The Balaban J connectivity index is 1.56. The van der Waals surface area contributed by atoms with Crippen LogP contribution in [0.25, 0.3) is 10.9 Å². The summed E-state index contributed by atoms with van der Waals surface area (Å²) in [5.74, 6) is 2.59. The van der Waals surface area contributed by atoms with Gasteiger partial charge in [0.1, 0.15) is 11.8 Å². The number of hydrogen-bond donors (Lipinski definition) is 1. The minimum Gasteiger partial charge on any atom is -0.497 e. The fourth-order valence-corrected chi connectivity index (χ4v) is 5.14. The van der Waals surface area contributed by atoms with Gasteiger partial charge in [0.2, 0.25) is 0 Å². The monoisotopic (exact) mass is 533 g/mol. The van der Waals surface area contributed by atoms with Gasteiger partial charge in [-0.3, -0.25) is 9.69 Å². The van der Waals surface area contributed by atoms with Crippen molar-refractivity contribution in [3.63, 3.8) is 0 Å². The summed E-state index contributed by atoms with van der Waals surface area (Å²) in [7, 11) is 4.84. The molecule has 1 saturated heterocycles. The third kappa shape index (κ3) is 5.14. The molecule has 2 aromatic carbocycles. The quantitative estimate of drug-likeness (QED) is 0.383. The zero-order valence-electron chi connectivity index (χ0n) is 23.3. The molecule has 3 heterocycles. The average Bonchev–Trinajstić information content (AvgIpc) is 3.43. The van der Waals surface area contributed by atoms with Crippen LogP contribution in [-0.4, -0.2) is 77.6 Å². The molecule has 5 rings (SSSR count). The van der Waals surface area contributed by atoms with Crippen LogP contribution >= 0.6 is 0 Å². The van der Waals surface area contributed by atoms with Gasteiger partial charge in [0.25, 0.3) is 5.56 Å². The van der Waals surface area contributed by atoms with E-state index in [1.54, 1.807) is 27.4 Å². The lowest BCUT2D eigenvalue weighted by Crippen LogP contribution is -2.49. The highest BCUT2D eigenvalue weighted by molar-refractivity contribution is 5.83. The number of anilines is 1. The van der Waals surface area contributed by atoms with Crippen LogP contribution in [0.15, 0.2) is 47.3 Å². The normalized spacial score (nSPS) is 15.4. The number of rotatable bonds is 7. The number of pyridine rings is 1. The molecule has 1 aliphatic heterocycles. The number of methoxy groups -OCH3 is 3. The molecule has 2 aromatic heterocycles. The number of nitrogens with one attached hydrogen (secondary N) is 1. The van der Waals surface area contributed by atoms with E-state index < -0.39 is 6.04 Å². The van der Waals surface area contributed by atoms with Crippen molar-refractivity contribution in [2.75, 3.05) is 52.4 Å². The van der Waals surface area contributed by atoms with Gasteiger partial charge < -0.3 is 24.1 Å². The lowest BCUT2D eigenvalue weighted by molar-refractivity contribution is 0.190. The molecule has 1 atom stereocenters. The highest BCUT2D eigenvalue weighted by Crippen LogP contribution is 2.34. The zero-order valence-corrected chi connectivity index (χ0v) is 23.3. The second-order valence-electron chi connectivity index (χ2n) is 10.6. The lowest BCUT2D eigenvalue weighted by atomic mass is 10.0. The van der Waals surface area contributed by atoms with Crippen molar-refractivity contribution in [2.45, 2.75) is 32.4 Å². The van der Waals surface area contributed by atoms with Gasteiger partial charge in [0.05, 0.1) is 32.4 Å². The Hall–Kier alpha value is -4.12. The second-order valence-corrected chi connectivity index (χ2v) is 10.6.